The largest absolute Gasteiger partial charge is 0.298 e. The van der Waals surface area contributed by atoms with Crippen LogP contribution in [-0.4, -0.2) is 16.1 Å². The summed E-state index contributed by atoms with van der Waals surface area (Å²) in [7, 11) is 0. The number of nitrogens with zero attached hydrogens (tertiary/aromatic N) is 2. The molecule has 1 aliphatic carbocycles. The summed E-state index contributed by atoms with van der Waals surface area (Å²) >= 11 is 6.19. The number of rotatable bonds is 3. The average Bonchev–Trinajstić information content (AvgIpc) is 3.08. The smallest absolute Gasteiger partial charge is 0.153 e. The van der Waals surface area contributed by atoms with E-state index in [4.69, 9.17) is 11.6 Å². The Bertz CT molecular complexity index is 600. The summed E-state index contributed by atoms with van der Waals surface area (Å²) in [4.78, 5) is 11.2. The Balaban J connectivity index is 2.05. The Labute approximate surface area is 117 Å². The maximum absolute atomic E-state index is 11.2. The topological polar surface area (TPSA) is 34.9 Å². The van der Waals surface area contributed by atoms with E-state index in [1.807, 2.05) is 35.1 Å². The van der Waals surface area contributed by atoms with Crippen molar-refractivity contribution in [3.8, 4) is 11.3 Å². The second-order valence-corrected chi connectivity index (χ2v) is 5.36. The van der Waals surface area contributed by atoms with Gasteiger partial charge in [-0.3, -0.25) is 9.48 Å². The molecular formula is C15H15ClN2O. The van der Waals surface area contributed by atoms with E-state index in [-0.39, 0.29) is 0 Å². The molecule has 0 N–H and O–H groups in total. The van der Waals surface area contributed by atoms with Crippen LogP contribution in [0.25, 0.3) is 11.3 Å². The van der Waals surface area contributed by atoms with E-state index >= 15 is 0 Å². The van der Waals surface area contributed by atoms with Crippen LogP contribution in [0.4, 0.5) is 0 Å². The normalized spacial score (nSPS) is 15.8. The maximum Gasteiger partial charge on any atom is 0.153 e. The van der Waals surface area contributed by atoms with Crippen LogP contribution in [-0.2, 0) is 0 Å². The lowest BCUT2D eigenvalue weighted by Crippen LogP contribution is -2.04. The van der Waals surface area contributed by atoms with Crippen molar-refractivity contribution < 1.29 is 4.79 Å². The van der Waals surface area contributed by atoms with Crippen LogP contribution >= 0.6 is 11.6 Å². The second kappa shape index (κ2) is 5.17. The molecule has 0 saturated heterocycles. The molecule has 1 aromatic heterocycles. The minimum Gasteiger partial charge on any atom is -0.298 e. The van der Waals surface area contributed by atoms with E-state index in [2.05, 4.69) is 5.10 Å². The van der Waals surface area contributed by atoms with E-state index in [0.29, 0.717) is 22.3 Å². The molecule has 0 atom stereocenters. The van der Waals surface area contributed by atoms with E-state index in [0.717, 1.165) is 24.7 Å². The molecule has 3 nitrogen and oxygen atoms in total. The Morgan fingerprint density at radius 1 is 1.26 bits per heavy atom. The molecule has 4 heteroatoms. The maximum atomic E-state index is 11.2. The first-order valence-corrected chi connectivity index (χ1v) is 6.96. The first kappa shape index (κ1) is 12.4. The van der Waals surface area contributed by atoms with Gasteiger partial charge in [-0.15, -0.1) is 0 Å². The van der Waals surface area contributed by atoms with Gasteiger partial charge in [0.2, 0.25) is 0 Å². The molecule has 0 radical (unpaired) electrons. The van der Waals surface area contributed by atoms with E-state index in [9.17, 15) is 4.79 Å². The summed E-state index contributed by atoms with van der Waals surface area (Å²) < 4.78 is 1.94. The van der Waals surface area contributed by atoms with Crippen LogP contribution in [0.1, 0.15) is 42.1 Å². The van der Waals surface area contributed by atoms with E-state index < -0.39 is 0 Å². The molecular weight excluding hydrogens is 260 g/mol. The standard InChI is InChI=1S/C15H15ClN2O/c16-14-8-4-3-7-13(14)15-11(10-19)9-18(17-15)12-5-1-2-6-12/h3-4,7-10,12H,1-2,5-6H2. The predicted octanol–water partition coefficient (Wildman–Crippen LogP) is 4.13. The molecule has 1 aliphatic rings. The van der Waals surface area contributed by atoms with E-state index in [1.165, 1.54) is 12.8 Å². The number of carbonyl (C=O) groups excluding carboxylic acids is 1. The fraction of sp³-hybridized carbons (Fsp3) is 0.333. The zero-order valence-corrected chi connectivity index (χ0v) is 11.3. The van der Waals surface area contributed by atoms with Gasteiger partial charge in [0.15, 0.2) is 6.29 Å². The molecule has 0 unspecified atom stereocenters. The molecule has 2 aromatic rings. The van der Waals surface area contributed by atoms with Crippen molar-refractivity contribution in [2.24, 2.45) is 0 Å². The van der Waals surface area contributed by atoms with Gasteiger partial charge in [0, 0.05) is 11.8 Å². The summed E-state index contributed by atoms with van der Waals surface area (Å²) in [6, 6.07) is 7.93. The van der Waals surface area contributed by atoms with Crippen molar-refractivity contribution in [3.63, 3.8) is 0 Å². The second-order valence-electron chi connectivity index (χ2n) is 4.95. The number of hydrogen-bond donors (Lipinski definition) is 0. The summed E-state index contributed by atoms with van der Waals surface area (Å²) in [6.07, 6.45) is 7.47. The summed E-state index contributed by atoms with van der Waals surface area (Å²) in [6.45, 7) is 0. The fourth-order valence-electron chi connectivity index (χ4n) is 2.71. The number of benzene rings is 1. The van der Waals surface area contributed by atoms with Gasteiger partial charge < -0.3 is 0 Å². The van der Waals surface area contributed by atoms with Gasteiger partial charge >= 0.3 is 0 Å². The summed E-state index contributed by atoms with van der Waals surface area (Å²) in [5, 5.41) is 5.22. The number of aromatic nitrogens is 2. The first-order valence-electron chi connectivity index (χ1n) is 6.59. The number of aldehydes is 1. The van der Waals surface area contributed by atoms with Gasteiger partial charge in [0.25, 0.3) is 0 Å². The minimum absolute atomic E-state index is 0.426. The van der Waals surface area contributed by atoms with Crippen molar-refractivity contribution >= 4 is 17.9 Å². The fourth-order valence-corrected chi connectivity index (χ4v) is 2.94. The third-order valence-corrected chi connectivity index (χ3v) is 4.04. The van der Waals surface area contributed by atoms with Crippen molar-refractivity contribution in [1.29, 1.82) is 0 Å². The van der Waals surface area contributed by atoms with Crippen molar-refractivity contribution in [1.82, 2.24) is 9.78 Å². The Morgan fingerprint density at radius 3 is 2.68 bits per heavy atom. The minimum atomic E-state index is 0.426. The van der Waals surface area contributed by atoms with Crippen LogP contribution in [0.2, 0.25) is 5.02 Å². The van der Waals surface area contributed by atoms with E-state index in [1.54, 1.807) is 0 Å². The third kappa shape index (κ3) is 2.30. The lowest BCUT2D eigenvalue weighted by atomic mass is 10.1. The molecule has 1 fully saturated rings. The van der Waals surface area contributed by atoms with Gasteiger partial charge in [-0.2, -0.15) is 5.10 Å². The average molecular weight is 275 g/mol. The Hall–Kier alpha value is -1.61. The predicted molar refractivity (Wildman–Crippen MR) is 75.6 cm³/mol. The van der Waals surface area contributed by atoms with Gasteiger partial charge in [0.05, 0.1) is 16.6 Å². The monoisotopic (exact) mass is 274 g/mol. The molecule has 0 spiro atoms. The van der Waals surface area contributed by atoms with Gasteiger partial charge in [-0.25, -0.2) is 0 Å². The molecule has 3 rings (SSSR count). The highest BCUT2D eigenvalue weighted by Gasteiger charge is 2.21. The molecule has 1 aromatic carbocycles. The van der Waals surface area contributed by atoms with Crippen LogP contribution in [0, 0.1) is 0 Å². The molecule has 1 heterocycles. The number of carbonyl (C=O) groups is 1. The number of halogens is 1. The summed E-state index contributed by atoms with van der Waals surface area (Å²) in [5.41, 5.74) is 2.12. The molecule has 0 amide bonds. The highest BCUT2D eigenvalue weighted by atomic mass is 35.5. The lowest BCUT2D eigenvalue weighted by Gasteiger charge is -2.08. The van der Waals surface area contributed by atoms with Gasteiger partial charge in [0.1, 0.15) is 5.69 Å². The van der Waals surface area contributed by atoms with Crippen molar-refractivity contribution in [2.75, 3.05) is 0 Å². The first-order chi connectivity index (χ1) is 9.29. The zero-order chi connectivity index (χ0) is 13.2. The Morgan fingerprint density at radius 2 is 2.00 bits per heavy atom. The van der Waals surface area contributed by atoms with Crippen molar-refractivity contribution in [3.05, 3.63) is 41.0 Å². The quantitative estimate of drug-likeness (QED) is 0.789. The molecule has 19 heavy (non-hydrogen) atoms. The highest BCUT2D eigenvalue weighted by molar-refractivity contribution is 6.33. The zero-order valence-electron chi connectivity index (χ0n) is 10.6. The SMILES string of the molecule is O=Cc1cn(C2CCCC2)nc1-c1ccccc1Cl. The highest BCUT2D eigenvalue weighted by Crippen LogP contribution is 2.33. The summed E-state index contributed by atoms with van der Waals surface area (Å²) in [5.74, 6) is 0. The van der Waals surface area contributed by atoms with Crippen LogP contribution in [0.5, 0.6) is 0 Å². The Kier molecular flexibility index (Phi) is 3.38. The van der Waals surface area contributed by atoms with Gasteiger partial charge in [-0.1, -0.05) is 42.6 Å². The number of hydrogen-bond acceptors (Lipinski definition) is 2. The van der Waals surface area contributed by atoms with Crippen LogP contribution in [0.15, 0.2) is 30.5 Å². The third-order valence-electron chi connectivity index (χ3n) is 3.72. The molecule has 98 valence electrons. The van der Waals surface area contributed by atoms with Crippen LogP contribution in [0.3, 0.4) is 0 Å². The molecule has 0 aliphatic heterocycles. The van der Waals surface area contributed by atoms with Crippen LogP contribution < -0.4 is 0 Å². The lowest BCUT2D eigenvalue weighted by molar-refractivity contribution is 0.112. The van der Waals surface area contributed by atoms with Gasteiger partial charge in [-0.05, 0) is 18.9 Å². The molecule has 1 saturated carbocycles. The van der Waals surface area contributed by atoms with Crippen molar-refractivity contribution in [2.45, 2.75) is 31.7 Å². The molecule has 0 bridgehead atoms.